The third-order valence-corrected chi connectivity index (χ3v) is 7.32. The van der Waals surface area contributed by atoms with E-state index in [2.05, 4.69) is 48.1 Å². The van der Waals surface area contributed by atoms with Crippen LogP contribution in [0.1, 0.15) is 31.2 Å². The number of piperidine rings is 1. The van der Waals surface area contributed by atoms with E-state index in [1.165, 1.54) is 0 Å². The number of ether oxygens (including phenoxy) is 1. The zero-order valence-corrected chi connectivity index (χ0v) is 19.5. The summed E-state index contributed by atoms with van der Waals surface area (Å²) in [4.78, 5) is 17.4. The lowest BCUT2D eigenvalue weighted by Gasteiger charge is -2.40. The third-order valence-electron chi connectivity index (χ3n) is 7.32. The van der Waals surface area contributed by atoms with Gasteiger partial charge in [-0.05, 0) is 49.4 Å². The van der Waals surface area contributed by atoms with Gasteiger partial charge in [0.05, 0.1) is 25.2 Å². The highest BCUT2D eigenvalue weighted by Gasteiger charge is 2.27. The normalized spacial score (nSPS) is 20.1. The predicted molar refractivity (Wildman–Crippen MR) is 131 cm³/mol. The number of carbonyl (C=O) groups excluding carboxylic acids is 1. The van der Waals surface area contributed by atoms with Gasteiger partial charge in [-0.25, -0.2) is 0 Å². The lowest BCUT2D eigenvalue weighted by atomic mass is 10.0. The van der Waals surface area contributed by atoms with Crippen molar-refractivity contribution in [1.29, 1.82) is 0 Å². The summed E-state index contributed by atoms with van der Waals surface area (Å²) in [7, 11) is 0. The second kappa shape index (κ2) is 9.35. The second-order valence-electron chi connectivity index (χ2n) is 9.68. The van der Waals surface area contributed by atoms with Crippen LogP contribution in [0, 0.1) is 0 Å². The summed E-state index contributed by atoms with van der Waals surface area (Å²) in [5.41, 5.74) is 2.06. The number of anilines is 1. The molecule has 8 nitrogen and oxygen atoms in total. The molecular weight excluding hydrogens is 428 g/mol. The van der Waals surface area contributed by atoms with E-state index in [9.17, 15) is 4.79 Å². The Morgan fingerprint density at radius 3 is 2.41 bits per heavy atom. The lowest BCUT2D eigenvalue weighted by Crippen LogP contribution is -2.49. The molecule has 0 atom stereocenters. The minimum Gasteiger partial charge on any atom is -0.379 e. The van der Waals surface area contributed by atoms with Crippen LogP contribution >= 0.6 is 0 Å². The molecule has 34 heavy (non-hydrogen) atoms. The van der Waals surface area contributed by atoms with Crippen LogP contribution in [0.3, 0.4) is 0 Å². The molecule has 0 spiro atoms. The first-order chi connectivity index (χ1) is 16.7. The monoisotopic (exact) mass is 460 g/mol. The number of hydrogen-bond acceptors (Lipinski definition) is 6. The Hall–Kier alpha value is -2.97. The zero-order valence-electron chi connectivity index (χ0n) is 19.5. The number of nitrogens with one attached hydrogen (secondary N) is 1. The molecular formula is C26H32N6O2. The number of para-hydroxylation sites is 1. The molecule has 3 aromatic rings. The van der Waals surface area contributed by atoms with Gasteiger partial charge in [0, 0.05) is 49.8 Å². The van der Waals surface area contributed by atoms with Crippen LogP contribution < -0.4 is 10.2 Å². The van der Waals surface area contributed by atoms with E-state index >= 15 is 0 Å². The summed E-state index contributed by atoms with van der Waals surface area (Å²) in [6, 6.07) is 13.3. The highest BCUT2D eigenvalue weighted by atomic mass is 16.5. The van der Waals surface area contributed by atoms with Crippen molar-refractivity contribution >= 4 is 22.6 Å². The first-order valence-electron chi connectivity index (χ1n) is 12.5. The van der Waals surface area contributed by atoms with Crippen molar-refractivity contribution in [3.63, 3.8) is 0 Å². The fourth-order valence-electron chi connectivity index (χ4n) is 5.28. The fraction of sp³-hybridized carbons (Fsp3) is 0.500. The van der Waals surface area contributed by atoms with Gasteiger partial charge in [-0.2, -0.15) is 0 Å². The summed E-state index contributed by atoms with van der Waals surface area (Å²) >= 11 is 0. The van der Waals surface area contributed by atoms with Crippen LogP contribution in [-0.2, 0) is 16.0 Å². The quantitative estimate of drug-likeness (QED) is 0.609. The standard InChI is InChI=1S/C26H32N6O2/c33-26(27-20-5-6-20)17-19-18-32(23-4-2-1-3-22(19)23)25-8-7-24(28-29-25)31-11-9-21(10-12-31)30-13-15-34-16-14-30/h1-4,7-8,18,20-21H,5-6,9-17H2,(H,27,33). The van der Waals surface area contributed by atoms with Gasteiger partial charge in [-0.15, -0.1) is 10.2 Å². The molecule has 0 radical (unpaired) electrons. The zero-order chi connectivity index (χ0) is 22.9. The molecule has 4 heterocycles. The van der Waals surface area contributed by atoms with E-state index in [1.807, 2.05) is 24.4 Å². The maximum absolute atomic E-state index is 12.4. The Kier molecular flexibility index (Phi) is 5.93. The molecule has 1 saturated carbocycles. The average molecular weight is 461 g/mol. The van der Waals surface area contributed by atoms with E-state index in [4.69, 9.17) is 4.74 Å². The van der Waals surface area contributed by atoms with Crippen molar-refractivity contribution in [3.05, 3.63) is 48.2 Å². The van der Waals surface area contributed by atoms with Gasteiger partial charge in [0.1, 0.15) is 0 Å². The van der Waals surface area contributed by atoms with Crippen molar-refractivity contribution in [3.8, 4) is 5.82 Å². The first kappa shape index (κ1) is 21.6. The smallest absolute Gasteiger partial charge is 0.224 e. The number of benzene rings is 1. The molecule has 8 heteroatoms. The predicted octanol–water partition coefficient (Wildman–Crippen LogP) is 2.54. The Morgan fingerprint density at radius 2 is 1.68 bits per heavy atom. The van der Waals surface area contributed by atoms with Crippen LogP contribution in [-0.4, -0.2) is 77.0 Å². The highest BCUT2D eigenvalue weighted by Crippen LogP contribution is 2.27. The van der Waals surface area contributed by atoms with E-state index in [0.717, 1.165) is 93.2 Å². The van der Waals surface area contributed by atoms with E-state index in [1.54, 1.807) is 0 Å². The van der Waals surface area contributed by atoms with Crippen molar-refractivity contribution in [2.24, 2.45) is 0 Å². The number of aromatic nitrogens is 3. The number of hydrogen-bond donors (Lipinski definition) is 1. The Labute approximate surface area is 199 Å². The molecule has 2 aromatic heterocycles. The van der Waals surface area contributed by atoms with Gasteiger partial charge >= 0.3 is 0 Å². The Morgan fingerprint density at radius 1 is 0.941 bits per heavy atom. The highest BCUT2D eigenvalue weighted by molar-refractivity contribution is 5.90. The molecule has 2 saturated heterocycles. The molecule has 1 N–H and O–H groups in total. The second-order valence-corrected chi connectivity index (χ2v) is 9.68. The van der Waals surface area contributed by atoms with Gasteiger partial charge in [-0.3, -0.25) is 14.3 Å². The fourth-order valence-corrected chi connectivity index (χ4v) is 5.28. The molecule has 1 amide bonds. The van der Waals surface area contributed by atoms with Gasteiger partial charge in [0.15, 0.2) is 11.6 Å². The van der Waals surface area contributed by atoms with Crippen molar-refractivity contribution in [1.82, 2.24) is 25.0 Å². The summed E-state index contributed by atoms with van der Waals surface area (Å²) in [5, 5.41) is 13.3. The van der Waals surface area contributed by atoms with Gasteiger partial charge < -0.3 is 15.0 Å². The van der Waals surface area contributed by atoms with Crippen LogP contribution in [0.2, 0.25) is 0 Å². The van der Waals surface area contributed by atoms with Gasteiger partial charge in [0.25, 0.3) is 0 Å². The number of morpholine rings is 1. The van der Waals surface area contributed by atoms with Gasteiger partial charge in [0.2, 0.25) is 5.91 Å². The van der Waals surface area contributed by atoms with Crippen molar-refractivity contribution in [2.45, 2.75) is 44.2 Å². The van der Waals surface area contributed by atoms with Crippen LogP contribution in [0.15, 0.2) is 42.6 Å². The minimum absolute atomic E-state index is 0.0901. The van der Waals surface area contributed by atoms with E-state index < -0.39 is 0 Å². The van der Waals surface area contributed by atoms with Crippen LogP contribution in [0.4, 0.5) is 5.82 Å². The molecule has 178 valence electrons. The topological polar surface area (TPSA) is 75.5 Å². The minimum atomic E-state index is 0.0901. The SMILES string of the molecule is O=C(Cc1cn(-c2ccc(N3CCC(N4CCOCC4)CC3)nn2)c2ccccc12)NC1CC1. The third kappa shape index (κ3) is 4.52. The van der Waals surface area contributed by atoms with E-state index in [-0.39, 0.29) is 5.91 Å². The molecule has 2 aliphatic heterocycles. The van der Waals surface area contributed by atoms with Crippen LogP contribution in [0.25, 0.3) is 16.7 Å². The van der Waals surface area contributed by atoms with Gasteiger partial charge in [-0.1, -0.05) is 18.2 Å². The number of amides is 1. The number of fused-ring (bicyclic) bond motifs is 1. The Balaban J connectivity index is 1.16. The molecule has 3 aliphatic rings. The summed E-state index contributed by atoms with van der Waals surface area (Å²) in [6.45, 7) is 5.82. The van der Waals surface area contributed by atoms with E-state index in [0.29, 0.717) is 18.5 Å². The molecule has 1 aromatic carbocycles. The summed E-state index contributed by atoms with van der Waals surface area (Å²) in [6.07, 6.45) is 6.92. The maximum Gasteiger partial charge on any atom is 0.224 e. The largest absolute Gasteiger partial charge is 0.379 e. The Bertz CT molecular complexity index is 1140. The maximum atomic E-state index is 12.4. The van der Waals surface area contributed by atoms with Crippen molar-refractivity contribution in [2.75, 3.05) is 44.3 Å². The lowest BCUT2D eigenvalue weighted by molar-refractivity contribution is -0.120. The molecule has 0 bridgehead atoms. The molecule has 6 rings (SSSR count). The number of carbonyl (C=O) groups is 1. The molecule has 1 aliphatic carbocycles. The number of rotatable bonds is 6. The number of nitrogens with zero attached hydrogens (tertiary/aromatic N) is 5. The van der Waals surface area contributed by atoms with Crippen LogP contribution in [0.5, 0.6) is 0 Å². The molecule has 0 unspecified atom stereocenters. The first-order valence-corrected chi connectivity index (χ1v) is 12.5. The molecule has 3 fully saturated rings. The summed E-state index contributed by atoms with van der Waals surface area (Å²) < 4.78 is 7.55. The summed E-state index contributed by atoms with van der Waals surface area (Å²) in [5.74, 6) is 1.80. The van der Waals surface area contributed by atoms with Crippen molar-refractivity contribution < 1.29 is 9.53 Å². The average Bonchev–Trinajstić information content (AvgIpc) is 3.64.